The Morgan fingerprint density at radius 3 is 2.68 bits per heavy atom. The fourth-order valence-corrected chi connectivity index (χ4v) is 11.1. The Hall–Kier alpha value is -1.50. The molecular weight excluding hydrogens is 546 g/mol. The van der Waals surface area contributed by atoms with Crippen molar-refractivity contribution in [3.63, 3.8) is 0 Å². The number of likely N-dealkylation sites (tertiary alicyclic amines) is 1. The van der Waals surface area contributed by atoms with Crippen LogP contribution in [0.1, 0.15) is 91.0 Å². The van der Waals surface area contributed by atoms with Gasteiger partial charge in [0.1, 0.15) is 0 Å². The molecule has 4 fully saturated rings. The van der Waals surface area contributed by atoms with Gasteiger partial charge in [-0.15, -0.1) is 0 Å². The van der Waals surface area contributed by atoms with Crippen molar-refractivity contribution in [1.29, 1.82) is 0 Å². The van der Waals surface area contributed by atoms with E-state index in [1.54, 1.807) is 16.7 Å². The van der Waals surface area contributed by atoms with E-state index in [9.17, 15) is 5.11 Å². The first-order valence-electron chi connectivity index (χ1n) is 18.0. The van der Waals surface area contributed by atoms with Crippen LogP contribution in [0.4, 0.5) is 0 Å². The minimum atomic E-state index is -0.223. The van der Waals surface area contributed by atoms with Crippen LogP contribution in [0.3, 0.4) is 0 Å². The van der Waals surface area contributed by atoms with Crippen molar-refractivity contribution in [2.45, 2.75) is 116 Å². The molecular formula is C39H57NO4. The van der Waals surface area contributed by atoms with E-state index in [4.69, 9.17) is 14.2 Å². The zero-order valence-electron chi connectivity index (χ0n) is 27.8. The van der Waals surface area contributed by atoms with Crippen molar-refractivity contribution in [2.24, 2.45) is 35.0 Å². The first-order chi connectivity index (χ1) is 21.3. The second-order valence-electron chi connectivity index (χ2n) is 15.8. The molecule has 1 spiro atoms. The highest BCUT2D eigenvalue weighted by Crippen LogP contribution is 2.64. The second kappa shape index (κ2) is 12.6. The number of allylic oxidation sites excluding steroid dienone is 2. The molecule has 5 nitrogen and oxygen atoms in total. The minimum absolute atomic E-state index is 0.0285. The van der Waals surface area contributed by atoms with Gasteiger partial charge in [-0.3, -0.25) is 4.90 Å². The highest BCUT2D eigenvalue weighted by atomic mass is 16.5. The van der Waals surface area contributed by atoms with Crippen LogP contribution in [0.15, 0.2) is 53.1 Å². The van der Waals surface area contributed by atoms with Crippen LogP contribution in [0.2, 0.25) is 0 Å². The Kier molecular flexibility index (Phi) is 8.91. The smallest absolute Gasteiger partial charge is 0.0765 e. The summed E-state index contributed by atoms with van der Waals surface area (Å²) in [4.78, 5) is 2.72. The van der Waals surface area contributed by atoms with E-state index in [0.717, 1.165) is 56.7 Å². The van der Waals surface area contributed by atoms with Crippen molar-refractivity contribution in [3.05, 3.63) is 58.7 Å². The van der Waals surface area contributed by atoms with Crippen LogP contribution in [0.25, 0.3) is 0 Å². The number of ether oxygens (including phenoxy) is 3. The van der Waals surface area contributed by atoms with Crippen LogP contribution in [-0.2, 0) is 20.8 Å². The van der Waals surface area contributed by atoms with Gasteiger partial charge >= 0.3 is 0 Å². The average Bonchev–Trinajstić information content (AvgIpc) is 3.47. The maximum Gasteiger partial charge on any atom is 0.0765 e. The molecule has 4 aliphatic carbocycles. The average molecular weight is 604 g/mol. The first-order valence-corrected chi connectivity index (χ1v) is 18.0. The highest BCUT2D eigenvalue weighted by Gasteiger charge is 2.59. The number of benzene rings is 1. The summed E-state index contributed by atoms with van der Waals surface area (Å²) in [5, 5.41) is 10.4. The number of fused-ring (bicyclic) bond motifs is 6. The van der Waals surface area contributed by atoms with Crippen LogP contribution < -0.4 is 0 Å². The summed E-state index contributed by atoms with van der Waals surface area (Å²) < 4.78 is 19.2. The standard InChI is InChI=1S/C39H57NO4/c1-26-20-36-37(40(24-26)16-17-42-18-19-43-25-29-8-6-5-7-9-29)28(3)39(44-36)15-13-32-33-11-10-30-21-31(41)12-14-38(30,4)35(33)22-34(32)27(2)23-39/h5-9,21,26,28,31-33,35-37,41H,10-20,22-25H2,1-4H3/t26-,28?,31?,32?,33?,35?,36?,37?,38?,39?/m0/s1. The molecule has 2 aliphatic heterocycles. The number of aliphatic hydroxyl groups excluding tert-OH is 1. The predicted molar refractivity (Wildman–Crippen MR) is 175 cm³/mol. The van der Waals surface area contributed by atoms with Gasteiger partial charge in [-0.2, -0.15) is 0 Å². The van der Waals surface area contributed by atoms with Gasteiger partial charge in [0.15, 0.2) is 0 Å². The van der Waals surface area contributed by atoms with E-state index in [0.29, 0.717) is 43.8 Å². The number of hydrogen-bond acceptors (Lipinski definition) is 5. The van der Waals surface area contributed by atoms with E-state index in [1.165, 1.54) is 44.1 Å². The summed E-state index contributed by atoms with van der Waals surface area (Å²) in [6.07, 6.45) is 13.0. The highest BCUT2D eigenvalue weighted by molar-refractivity contribution is 5.33. The summed E-state index contributed by atoms with van der Waals surface area (Å²) in [5.41, 5.74) is 6.48. The number of piperidine rings is 1. The van der Waals surface area contributed by atoms with E-state index < -0.39 is 0 Å². The summed E-state index contributed by atoms with van der Waals surface area (Å²) in [6, 6.07) is 10.9. The lowest BCUT2D eigenvalue weighted by Crippen LogP contribution is -2.52. The van der Waals surface area contributed by atoms with Gasteiger partial charge in [-0.25, -0.2) is 0 Å². The molecule has 2 saturated heterocycles. The van der Waals surface area contributed by atoms with Crippen LogP contribution >= 0.6 is 0 Å². The van der Waals surface area contributed by atoms with Gasteiger partial charge < -0.3 is 19.3 Å². The molecule has 1 N–H and O–H groups in total. The maximum absolute atomic E-state index is 10.4. The molecule has 0 aromatic heterocycles. The number of hydrogen-bond donors (Lipinski definition) is 1. The predicted octanol–water partition coefficient (Wildman–Crippen LogP) is 7.34. The monoisotopic (exact) mass is 603 g/mol. The summed E-state index contributed by atoms with van der Waals surface area (Å²) in [6.45, 7) is 14.7. The number of nitrogens with zero attached hydrogens (tertiary/aromatic N) is 1. The van der Waals surface area contributed by atoms with Crippen LogP contribution in [0.5, 0.6) is 0 Å². The Labute approximate surface area is 266 Å². The Bertz CT molecular complexity index is 1230. The zero-order chi connectivity index (χ0) is 30.5. The Morgan fingerprint density at radius 1 is 1.02 bits per heavy atom. The van der Waals surface area contributed by atoms with Gasteiger partial charge in [0.05, 0.1) is 44.2 Å². The maximum atomic E-state index is 10.4. The van der Waals surface area contributed by atoms with E-state index in [1.807, 2.05) is 6.07 Å². The minimum Gasteiger partial charge on any atom is -0.389 e. The fraction of sp³-hybridized carbons (Fsp3) is 0.744. The molecule has 0 bridgehead atoms. The van der Waals surface area contributed by atoms with Gasteiger partial charge in [-0.1, -0.05) is 73.9 Å². The van der Waals surface area contributed by atoms with E-state index in [-0.39, 0.29) is 17.1 Å². The van der Waals surface area contributed by atoms with E-state index in [2.05, 4.69) is 62.9 Å². The van der Waals surface area contributed by atoms with E-state index >= 15 is 0 Å². The summed E-state index contributed by atoms with van der Waals surface area (Å²) in [5.74, 6) is 3.46. The first kappa shape index (κ1) is 31.1. The SMILES string of the molecule is CC1=C2CC3C(CCC4=CC(O)CCC43C)C2CCC2(C1)OC1C[C@H](C)CN(CCOCCOCc3ccccc3)C1C2C. The largest absolute Gasteiger partial charge is 0.389 e. The third kappa shape index (κ3) is 5.68. The fourth-order valence-electron chi connectivity index (χ4n) is 11.1. The van der Waals surface area contributed by atoms with Crippen molar-refractivity contribution in [2.75, 3.05) is 32.9 Å². The van der Waals surface area contributed by atoms with Crippen molar-refractivity contribution < 1.29 is 19.3 Å². The normalized spacial score (nSPS) is 42.0. The summed E-state index contributed by atoms with van der Waals surface area (Å²) >= 11 is 0. The van der Waals surface area contributed by atoms with Crippen molar-refractivity contribution in [3.8, 4) is 0 Å². The molecule has 9 unspecified atom stereocenters. The molecule has 44 heavy (non-hydrogen) atoms. The van der Waals surface area contributed by atoms with Gasteiger partial charge in [0, 0.05) is 25.0 Å². The molecule has 2 saturated carbocycles. The Morgan fingerprint density at radius 2 is 1.84 bits per heavy atom. The van der Waals surface area contributed by atoms with Crippen LogP contribution in [-0.4, -0.2) is 66.8 Å². The molecule has 0 amide bonds. The molecule has 10 atom stereocenters. The topological polar surface area (TPSA) is 51.2 Å². The van der Waals surface area contributed by atoms with Crippen molar-refractivity contribution in [1.82, 2.24) is 4.90 Å². The number of aliphatic hydroxyl groups is 1. The third-order valence-electron chi connectivity index (χ3n) is 13.3. The zero-order valence-corrected chi connectivity index (χ0v) is 27.8. The van der Waals surface area contributed by atoms with Gasteiger partial charge in [0.25, 0.3) is 0 Å². The molecule has 2 heterocycles. The second-order valence-corrected chi connectivity index (χ2v) is 15.8. The molecule has 0 radical (unpaired) electrons. The molecule has 6 aliphatic rings. The van der Waals surface area contributed by atoms with Crippen LogP contribution in [0, 0.1) is 35.0 Å². The molecule has 7 rings (SSSR count). The Balaban J connectivity index is 0.986. The molecule has 1 aromatic carbocycles. The lowest BCUT2D eigenvalue weighted by atomic mass is 9.56. The quantitative estimate of drug-likeness (QED) is 0.249. The van der Waals surface area contributed by atoms with Gasteiger partial charge in [-0.05, 0) is 99.4 Å². The lowest BCUT2D eigenvalue weighted by molar-refractivity contribution is -0.0807. The number of rotatable bonds is 8. The van der Waals surface area contributed by atoms with Crippen molar-refractivity contribution >= 4 is 0 Å². The lowest BCUT2D eigenvalue weighted by Gasteiger charge is -2.49. The van der Waals surface area contributed by atoms with Gasteiger partial charge in [0.2, 0.25) is 0 Å². The molecule has 242 valence electrons. The molecule has 5 heteroatoms. The molecule has 1 aromatic rings. The summed E-state index contributed by atoms with van der Waals surface area (Å²) in [7, 11) is 0. The third-order valence-corrected chi connectivity index (χ3v) is 13.3.